The fourth-order valence-electron chi connectivity index (χ4n) is 0.529. The molecule has 41 valence electrons. The zero-order valence-electron chi connectivity index (χ0n) is 4.46. The first kappa shape index (κ1) is 5.32. The van der Waals surface area contributed by atoms with E-state index in [-0.39, 0.29) is 6.61 Å². The van der Waals surface area contributed by atoms with Crippen molar-refractivity contribution in [2.75, 3.05) is 0 Å². The molecule has 1 N–H and O–H groups in total. The lowest BCUT2D eigenvalue weighted by molar-refractivity contribution is 0.281. The van der Waals surface area contributed by atoms with E-state index in [0.29, 0.717) is 0 Å². The Morgan fingerprint density at radius 2 is 2.38 bits per heavy atom. The topological polar surface area (TPSA) is 20.2 Å². The summed E-state index contributed by atoms with van der Waals surface area (Å²) in [7, 11) is 0. The molecule has 8 heavy (non-hydrogen) atoms. The highest BCUT2D eigenvalue weighted by Crippen LogP contribution is 1.94. The highest BCUT2D eigenvalue weighted by atomic mass is 16.3. The molecule has 1 aromatic carbocycles. The maximum Gasteiger partial charge on any atom is 0.0687 e. The highest BCUT2D eigenvalue weighted by Gasteiger charge is 1.82. The van der Waals surface area contributed by atoms with Crippen LogP contribution >= 0.6 is 0 Å². The predicted molar refractivity (Wildman–Crippen MR) is 31.2 cm³/mol. The smallest absolute Gasteiger partial charge is 0.0687 e. The van der Waals surface area contributed by atoms with Gasteiger partial charge in [-0.1, -0.05) is 24.3 Å². The van der Waals surface area contributed by atoms with Gasteiger partial charge in [0.05, 0.1) is 6.61 Å². The molecule has 0 bridgehead atoms. The largest absolute Gasteiger partial charge is 0.392 e. The van der Waals surface area contributed by atoms with Gasteiger partial charge in [-0.3, -0.25) is 0 Å². The third kappa shape index (κ3) is 1.07. The molecule has 0 atom stereocenters. The fraction of sp³-hybridized carbons (Fsp3) is 0.143. The number of hydrogen-bond donors (Lipinski definition) is 1. The van der Waals surface area contributed by atoms with Gasteiger partial charge in [0, 0.05) is 0 Å². The predicted octanol–water partition coefficient (Wildman–Crippen LogP) is 0.979. The molecule has 0 saturated carbocycles. The number of benzene rings is 1. The first-order valence-electron chi connectivity index (χ1n) is 2.50. The molecule has 1 rings (SSSR count). The molecule has 0 aliphatic carbocycles. The van der Waals surface area contributed by atoms with E-state index in [1.807, 2.05) is 18.2 Å². The average molecular weight is 107 g/mol. The summed E-state index contributed by atoms with van der Waals surface area (Å²) >= 11 is 0. The second-order valence-electron chi connectivity index (χ2n) is 1.55. The average Bonchev–Trinajstić information content (AvgIpc) is 1.90. The standard InChI is InChI=1S/C7H7O/c8-6-7-4-2-1-3-5-7/h1-4,8H,6H2. The van der Waals surface area contributed by atoms with E-state index in [1.54, 1.807) is 6.07 Å². The van der Waals surface area contributed by atoms with Gasteiger partial charge in [-0.25, -0.2) is 0 Å². The first-order chi connectivity index (χ1) is 3.93. The third-order valence-electron chi connectivity index (χ3n) is 0.944. The van der Waals surface area contributed by atoms with Crippen molar-refractivity contribution < 1.29 is 5.11 Å². The van der Waals surface area contributed by atoms with Crippen LogP contribution in [0.5, 0.6) is 0 Å². The highest BCUT2D eigenvalue weighted by molar-refractivity contribution is 5.11. The lowest BCUT2D eigenvalue weighted by atomic mass is 10.2. The van der Waals surface area contributed by atoms with Crippen molar-refractivity contribution >= 4 is 0 Å². The van der Waals surface area contributed by atoms with Gasteiger partial charge in [-0.2, -0.15) is 0 Å². The molecule has 0 amide bonds. The number of hydrogen-bond acceptors (Lipinski definition) is 1. The van der Waals surface area contributed by atoms with Crippen LogP contribution in [-0.4, -0.2) is 5.11 Å². The van der Waals surface area contributed by atoms with Crippen molar-refractivity contribution in [1.82, 2.24) is 0 Å². The van der Waals surface area contributed by atoms with E-state index in [9.17, 15) is 0 Å². The van der Waals surface area contributed by atoms with Crippen LogP contribution in [-0.2, 0) is 6.61 Å². The van der Waals surface area contributed by atoms with E-state index in [4.69, 9.17) is 5.11 Å². The fourth-order valence-corrected chi connectivity index (χ4v) is 0.529. The van der Waals surface area contributed by atoms with E-state index in [1.165, 1.54) is 0 Å². The molecular formula is C7H7O. The van der Waals surface area contributed by atoms with Gasteiger partial charge in [-0.15, -0.1) is 0 Å². The zero-order valence-corrected chi connectivity index (χ0v) is 4.46. The van der Waals surface area contributed by atoms with E-state index in [2.05, 4.69) is 6.07 Å². The van der Waals surface area contributed by atoms with Gasteiger partial charge in [-0.05, 0) is 11.6 Å². The lowest BCUT2D eigenvalue weighted by Crippen LogP contribution is -1.78. The summed E-state index contributed by atoms with van der Waals surface area (Å²) in [6.07, 6.45) is 0. The Morgan fingerprint density at radius 3 is 2.75 bits per heavy atom. The minimum absolute atomic E-state index is 0.0842. The van der Waals surface area contributed by atoms with Crippen LogP contribution in [0.15, 0.2) is 24.3 Å². The van der Waals surface area contributed by atoms with E-state index in [0.717, 1.165) is 5.56 Å². The Kier molecular flexibility index (Phi) is 1.65. The minimum atomic E-state index is 0.0842. The summed E-state index contributed by atoms with van der Waals surface area (Å²) in [6, 6.07) is 10.2. The van der Waals surface area contributed by atoms with Gasteiger partial charge in [0.2, 0.25) is 0 Å². The molecular weight excluding hydrogens is 100 g/mol. The van der Waals surface area contributed by atoms with Crippen LogP contribution in [0.3, 0.4) is 0 Å². The molecule has 1 heteroatoms. The van der Waals surface area contributed by atoms with Crippen molar-refractivity contribution in [2.45, 2.75) is 6.61 Å². The van der Waals surface area contributed by atoms with Crippen molar-refractivity contribution in [3.63, 3.8) is 0 Å². The Morgan fingerprint density at radius 1 is 1.50 bits per heavy atom. The second kappa shape index (κ2) is 2.48. The maximum atomic E-state index is 8.51. The number of aliphatic hydroxyl groups is 1. The second-order valence-corrected chi connectivity index (χ2v) is 1.55. The summed E-state index contributed by atoms with van der Waals surface area (Å²) < 4.78 is 0. The molecule has 0 saturated heterocycles. The summed E-state index contributed by atoms with van der Waals surface area (Å²) in [4.78, 5) is 0. The van der Waals surface area contributed by atoms with Crippen LogP contribution < -0.4 is 0 Å². The molecule has 0 heterocycles. The Labute approximate surface area is 48.6 Å². The summed E-state index contributed by atoms with van der Waals surface area (Å²) in [5, 5.41) is 8.51. The summed E-state index contributed by atoms with van der Waals surface area (Å²) in [5.41, 5.74) is 0.840. The normalized spacial score (nSPS) is 9.12. The van der Waals surface area contributed by atoms with Gasteiger partial charge >= 0.3 is 0 Å². The van der Waals surface area contributed by atoms with Crippen LogP contribution in [0, 0.1) is 6.07 Å². The minimum Gasteiger partial charge on any atom is -0.392 e. The molecule has 1 nitrogen and oxygen atoms in total. The van der Waals surface area contributed by atoms with Gasteiger partial charge < -0.3 is 5.11 Å². The molecule has 0 aliphatic heterocycles. The number of aliphatic hydroxyl groups excluding tert-OH is 1. The Balaban J connectivity index is 2.83. The molecule has 0 unspecified atom stereocenters. The monoisotopic (exact) mass is 107 g/mol. The van der Waals surface area contributed by atoms with Gasteiger partial charge in [0.15, 0.2) is 0 Å². The molecule has 1 radical (unpaired) electrons. The van der Waals surface area contributed by atoms with Crippen molar-refractivity contribution in [2.24, 2.45) is 0 Å². The Hall–Kier alpha value is -0.820. The molecule has 0 spiro atoms. The first-order valence-corrected chi connectivity index (χ1v) is 2.50. The SMILES string of the molecule is OCc1[c]cccc1. The molecule has 0 aliphatic rings. The van der Waals surface area contributed by atoms with Crippen molar-refractivity contribution in [3.8, 4) is 0 Å². The third-order valence-corrected chi connectivity index (χ3v) is 0.944. The van der Waals surface area contributed by atoms with Crippen LogP contribution in [0.1, 0.15) is 5.56 Å². The van der Waals surface area contributed by atoms with Crippen LogP contribution in [0.25, 0.3) is 0 Å². The maximum absolute atomic E-state index is 8.51. The Bertz CT molecular complexity index is 146. The molecule has 0 fully saturated rings. The summed E-state index contributed by atoms with van der Waals surface area (Å²) in [6.45, 7) is 0.0842. The number of rotatable bonds is 1. The van der Waals surface area contributed by atoms with Crippen LogP contribution in [0.4, 0.5) is 0 Å². The van der Waals surface area contributed by atoms with E-state index >= 15 is 0 Å². The van der Waals surface area contributed by atoms with Crippen molar-refractivity contribution in [3.05, 3.63) is 35.9 Å². The van der Waals surface area contributed by atoms with Crippen LogP contribution in [0.2, 0.25) is 0 Å². The molecule has 0 aromatic heterocycles. The zero-order chi connectivity index (χ0) is 5.82. The van der Waals surface area contributed by atoms with Crippen molar-refractivity contribution in [1.29, 1.82) is 0 Å². The van der Waals surface area contributed by atoms with Gasteiger partial charge in [0.1, 0.15) is 0 Å². The van der Waals surface area contributed by atoms with Gasteiger partial charge in [0.25, 0.3) is 0 Å². The summed E-state index contributed by atoms with van der Waals surface area (Å²) in [5.74, 6) is 0. The lowest BCUT2D eigenvalue weighted by Gasteiger charge is -1.88. The quantitative estimate of drug-likeness (QED) is 0.567. The van der Waals surface area contributed by atoms with E-state index < -0.39 is 0 Å². The molecule has 1 aromatic rings.